The second-order valence-corrected chi connectivity index (χ2v) is 7.92. The summed E-state index contributed by atoms with van der Waals surface area (Å²) in [5, 5.41) is 9.16. The molecule has 7 heteroatoms. The average molecular weight is 382 g/mol. The zero-order chi connectivity index (χ0) is 19.6. The van der Waals surface area contributed by atoms with E-state index in [2.05, 4.69) is 4.98 Å². The van der Waals surface area contributed by atoms with Crippen LogP contribution in [0.25, 0.3) is 22.3 Å². The van der Waals surface area contributed by atoms with Gasteiger partial charge in [0.05, 0.1) is 17.6 Å². The maximum atomic E-state index is 13.8. The number of ether oxygens (including phenoxy) is 1. The second-order valence-electron chi connectivity index (χ2n) is 5.90. The van der Waals surface area contributed by atoms with Crippen LogP contribution in [0.5, 0.6) is 5.75 Å². The molecule has 0 fully saturated rings. The van der Waals surface area contributed by atoms with Gasteiger partial charge >= 0.3 is 0 Å². The summed E-state index contributed by atoms with van der Waals surface area (Å²) in [6.07, 6.45) is 4.05. The van der Waals surface area contributed by atoms with Gasteiger partial charge in [-0.1, -0.05) is 12.1 Å². The minimum atomic E-state index is -3.53. The Hall–Kier alpha value is -3.24. The highest BCUT2D eigenvalue weighted by Gasteiger charge is 2.20. The maximum absolute atomic E-state index is 13.8. The van der Waals surface area contributed by atoms with Gasteiger partial charge < -0.3 is 4.74 Å². The van der Waals surface area contributed by atoms with Crippen LogP contribution in [0.3, 0.4) is 0 Å². The first-order valence-electron chi connectivity index (χ1n) is 7.87. The van der Waals surface area contributed by atoms with Gasteiger partial charge in [-0.25, -0.2) is 12.8 Å². The van der Waals surface area contributed by atoms with E-state index in [0.29, 0.717) is 27.8 Å². The minimum Gasteiger partial charge on any atom is -0.496 e. The van der Waals surface area contributed by atoms with E-state index in [1.807, 2.05) is 6.07 Å². The summed E-state index contributed by atoms with van der Waals surface area (Å²) >= 11 is 0. The number of hydrogen-bond acceptors (Lipinski definition) is 5. The van der Waals surface area contributed by atoms with Crippen LogP contribution in [0.4, 0.5) is 4.39 Å². The molecule has 0 spiro atoms. The highest BCUT2D eigenvalue weighted by atomic mass is 32.2. The number of sulfone groups is 1. The molecule has 136 valence electrons. The lowest BCUT2D eigenvalue weighted by atomic mass is 9.94. The quantitative estimate of drug-likeness (QED) is 0.685. The Morgan fingerprint density at radius 2 is 1.89 bits per heavy atom. The average Bonchev–Trinajstić information content (AvgIpc) is 2.66. The third-order valence-electron chi connectivity index (χ3n) is 4.02. The molecular formula is C20H15FN2O3S. The standard InChI is InChI=1S/C20H15FN2O3S/c1-26-19-9-17(27(2,24)25)8-18(14-4-3-5-16(21)7-14)20(19)15-6-13(10-22)11-23-12-15/h3-9,11-12H,1-2H3. The third-order valence-corrected chi connectivity index (χ3v) is 5.11. The number of methoxy groups -OCH3 is 1. The van der Waals surface area contributed by atoms with Crippen molar-refractivity contribution in [2.24, 2.45) is 0 Å². The molecule has 3 aromatic rings. The molecule has 3 rings (SSSR count). The van der Waals surface area contributed by atoms with Crippen molar-refractivity contribution >= 4 is 9.84 Å². The monoisotopic (exact) mass is 382 g/mol. The molecule has 27 heavy (non-hydrogen) atoms. The maximum Gasteiger partial charge on any atom is 0.175 e. The van der Waals surface area contributed by atoms with E-state index in [0.717, 1.165) is 6.26 Å². The van der Waals surface area contributed by atoms with Crippen molar-refractivity contribution in [2.75, 3.05) is 13.4 Å². The van der Waals surface area contributed by atoms with Crippen LogP contribution < -0.4 is 4.74 Å². The fourth-order valence-electron chi connectivity index (χ4n) is 2.78. The number of nitrogens with zero attached hydrogens (tertiary/aromatic N) is 2. The number of aromatic nitrogens is 1. The van der Waals surface area contributed by atoms with Crippen LogP contribution >= 0.6 is 0 Å². The predicted octanol–water partition coefficient (Wildman–Crippen LogP) is 3.84. The normalized spacial score (nSPS) is 11.0. The number of benzene rings is 2. The summed E-state index contributed by atoms with van der Waals surface area (Å²) in [4.78, 5) is 4.11. The number of rotatable bonds is 4. The van der Waals surface area contributed by atoms with Gasteiger partial charge in [0.15, 0.2) is 9.84 Å². The second kappa shape index (κ2) is 7.17. The zero-order valence-corrected chi connectivity index (χ0v) is 15.4. The molecule has 0 atom stereocenters. The Morgan fingerprint density at radius 1 is 1.11 bits per heavy atom. The van der Waals surface area contributed by atoms with E-state index in [1.165, 1.54) is 43.6 Å². The Labute approximate surface area is 156 Å². The van der Waals surface area contributed by atoms with E-state index >= 15 is 0 Å². The molecular weight excluding hydrogens is 367 g/mol. The number of pyridine rings is 1. The van der Waals surface area contributed by atoms with E-state index in [1.54, 1.807) is 18.3 Å². The Kier molecular flexibility index (Phi) is 4.93. The molecule has 0 aliphatic heterocycles. The van der Waals surface area contributed by atoms with E-state index < -0.39 is 15.7 Å². The Morgan fingerprint density at radius 3 is 2.52 bits per heavy atom. The van der Waals surface area contributed by atoms with Crippen molar-refractivity contribution in [3.8, 4) is 34.1 Å². The molecule has 1 heterocycles. The van der Waals surface area contributed by atoms with Crippen LogP contribution in [0.15, 0.2) is 59.8 Å². The molecule has 5 nitrogen and oxygen atoms in total. The smallest absolute Gasteiger partial charge is 0.175 e. The first-order valence-corrected chi connectivity index (χ1v) is 9.76. The SMILES string of the molecule is COc1cc(S(C)(=O)=O)cc(-c2cccc(F)c2)c1-c1cncc(C#N)c1. The van der Waals surface area contributed by atoms with Crippen LogP contribution in [-0.2, 0) is 9.84 Å². The molecule has 2 aromatic carbocycles. The van der Waals surface area contributed by atoms with Crippen molar-refractivity contribution in [3.05, 3.63) is 66.2 Å². The summed E-state index contributed by atoms with van der Waals surface area (Å²) in [7, 11) is -2.11. The molecule has 0 radical (unpaired) electrons. The summed E-state index contributed by atoms with van der Waals surface area (Å²) < 4.78 is 43.5. The fraction of sp³-hybridized carbons (Fsp3) is 0.100. The van der Waals surface area contributed by atoms with Crippen LogP contribution in [0.2, 0.25) is 0 Å². The van der Waals surface area contributed by atoms with Crippen LogP contribution in [0, 0.1) is 17.1 Å². The molecule has 0 saturated heterocycles. The van der Waals surface area contributed by atoms with Gasteiger partial charge in [0.1, 0.15) is 17.6 Å². The summed E-state index contributed by atoms with van der Waals surface area (Å²) in [5.74, 6) is -0.167. The van der Waals surface area contributed by atoms with Gasteiger partial charge in [0.2, 0.25) is 0 Å². The van der Waals surface area contributed by atoms with E-state index in [-0.39, 0.29) is 10.6 Å². The van der Waals surface area contributed by atoms with Gasteiger partial charge in [0.25, 0.3) is 0 Å². The number of nitriles is 1. The summed E-state index contributed by atoms with van der Waals surface area (Å²) in [5.41, 5.74) is 2.37. The molecule has 0 unspecified atom stereocenters. The highest BCUT2D eigenvalue weighted by molar-refractivity contribution is 7.90. The van der Waals surface area contributed by atoms with Crippen molar-refractivity contribution < 1.29 is 17.5 Å². The predicted molar refractivity (Wildman–Crippen MR) is 99.4 cm³/mol. The first kappa shape index (κ1) is 18.5. The van der Waals surface area contributed by atoms with Crippen molar-refractivity contribution in [2.45, 2.75) is 4.90 Å². The third kappa shape index (κ3) is 3.81. The lowest BCUT2D eigenvalue weighted by Crippen LogP contribution is -2.01. The van der Waals surface area contributed by atoms with Crippen LogP contribution in [0.1, 0.15) is 5.56 Å². The van der Waals surface area contributed by atoms with Crippen molar-refractivity contribution in [1.29, 1.82) is 5.26 Å². The van der Waals surface area contributed by atoms with Gasteiger partial charge in [-0.15, -0.1) is 0 Å². The topological polar surface area (TPSA) is 80.1 Å². The number of halogens is 1. The molecule has 0 bridgehead atoms. The molecule has 0 aliphatic rings. The Balaban J connectivity index is 2.42. The minimum absolute atomic E-state index is 0.0479. The summed E-state index contributed by atoms with van der Waals surface area (Å²) in [6.45, 7) is 0. The summed E-state index contributed by atoms with van der Waals surface area (Å²) in [6, 6.07) is 12.4. The fourth-order valence-corrected chi connectivity index (χ4v) is 3.44. The van der Waals surface area contributed by atoms with Gasteiger partial charge in [-0.3, -0.25) is 4.98 Å². The van der Waals surface area contributed by atoms with Gasteiger partial charge in [-0.2, -0.15) is 5.26 Å². The van der Waals surface area contributed by atoms with E-state index in [9.17, 15) is 12.8 Å². The lowest BCUT2D eigenvalue weighted by molar-refractivity contribution is 0.415. The molecule has 1 aromatic heterocycles. The molecule has 0 amide bonds. The number of hydrogen-bond donors (Lipinski definition) is 0. The van der Waals surface area contributed by atoms with Gasteiger partial charge in [-0.05, 0) is 41.5 Å². The molecule has 0 saturated carbocycles. The Bertz CT molecular complexity index is 1170. The van der Waals surface area contributed by atoms with Crippen molar-refractivity contribution in [3.63, 3.8) is 0 Å². The lowest BCUT2D eigenvalue weighted by Gasteiger charge is -2.16. The van der Waals surface area contributed by atoms with Crippen LogP contribution in [-0.4, -0.2) is 26.8 Å². The zero-order valence-electron chi connectivity index (χ0n) is 14.6. The molecule has 0 N–H and O–H groups in total. The highest BCUT2D eigenvalue weighted by Crippen LogP contribution is 2.41. The van der Waals surface area contributed by atoms with Gasteiger partial charge in [0, 0.05) is 29.8 Å². The van der Waals surface area contributed by atoms with Crippen molar-refractivity contribution in [1.82, 2.24) is 4.98 Å². The molecule has 0 aliphatic carbocycles. The largest absolute Gasteiger partial charge is 0.496 e. The first-order chi connectivity index (χ1) is 12.8. The van der Waals surface area contributed by atoms with E-state index in [4.69, 9.17) is 10.00 Å².